The van der Waals surface area contributed by atoms with Crippen LogP contribution >= 0.6 is 0 Å². The van der Waals surface area contributed by atoms with Gasteiger partial charge >= 0.3 is 0 Å². The Bertz CT molecular complexity index is 473. The number of hydrogen-bond donors (Lipinski definition) is 1. The third kappa shape index (κ3) is 3.26. The van der Waals surface area contributed by atoms with Crippen LogP contribution in [0.15, 0.2) is 18.3 Å². The van der Waals surface area contributed by atoms with E-state index < -0.39 is 5.60 Å². The first-order chi connectivity index (χ1) is 9.45. The molecule has 110 valence electrons. The number of ether oxygens (including phenoxy) is 2. The van der Waals surface area contributed by atoms with E-state index in [1.54, 1.807) is 17.0 Å². The number of aromatic nitrogens is 1. The lowest BCUT2D eigenvalue weighted by Gasteiger charge is -2.42. The first kappa shape index (κ1) is 14.7. The van der Waals surface area contributed by atoms with Crippen LogP contribution in [-0.2, 0) is 4.74 Å². The van der Waals surface area contributed by atoms with Crippen molar-refractivity contribution in [3.63, 3.8) is 0 Å². The molecule has 2 heterocycles. The lowest BCUT2D eigenvalue weighted by atomic mass is 10.0. The predicted molar refractivity (Wildman–Crippen MR) is 72.7 cm³/mol. The molecule has 1 N–H and O–H groups in total. The van der Waals surface area contributed by atoms with Crippen molar-refractivity contribution in [3.8, 4) is 5.88 Å². The summed E-state index contributed by atoms with van der Waals surface area (Å²) in [7, 11) is 1.53. The molecule has 0 bridgehead atoms. The highest BCUT2D eigenvalue weighted by molar-refractivity contribution is 5.94. The van der Waals surface area contributed by atoms with Gasteiger partial charge in [0.15, 0.2) is 0 Å². The number of pyridine rings is 1. The van der Waals surface area contributed by atoms with Crippen LogP contribution in [0.4, 0.5) is 0 Å². The summed E-state index contributed by atoms with van der Waals surface area (Å²) in [5.74, 6) is 0.354. The van der Waals surface area contributed by atoms with Gasteiger partial charge in [-0.3, -0.25) is 4.79 Å². The number of aliphatic hydroxyl groups is 1. The van der Waals surface area contributed by atoms with E-state index in [1.165, 1.54) is 13.3 Å². The topological polar surface area (TPSA) is 71.9 Å². The lowest BCUT2D eigenvalue weighted by Crippen LogP contribution is -2.55. The van der Waals surface area contributed by atoms with E-state index in [-0.39, 0.29) is 18.6 Å². The molecule has 20 heavy (non-hydrogen) atoms. The van der Waals surface area contributed by atoms with Gasteiger partial charge in [-0.1, -0.05) is 0 Å². The van der Waals surface area contributed by atoms with Crippen LogP contribution in [0.1, 0.15) is 24.2 Å². The summed E-state index contributed by atoms with van der Waals surface area (Å²) in [6.45, 7) is 4.57. The van der Waals surface area contributed by atoms with Crippen LogP contribution in [0, 0.1) is 0 Å². The summed E-state index contributed by atoms with van der Waals surface area (Å²) in [6, 6.07) is 3.34. The van der Waals surface area contributed by atoms with Crippen LogP contribution < -0.4 is 4.74 Å². The van der Waals surface area contributed by atoms with Crippen LogP contribution in [-0.4, -0.2) is 59.4 Å². The number of methoxy groups -OCH3 is 1. The van der Waals surface area contributed by atoms with Gasteiger partial charge in [-0.25, -0.2) is 4.98 Å². The maximum atomic E-state index is 12.5. The molecule has 1 aromatic rings. The fourth-order valence-corrected chi connectivity index (χ4v) is 2.36. The molecule has 1 saturated heterocycles. The first-order valence-electron chi connectivity index (χ1n) is 6.53. The highest BCUT2D eigenvalue weighted by Crippen LogP contribution is 2.22. The van der Waals surface area contributed by atoms with E-state index >= 15 is 0 Å². The average Bonchev–Trinajstić information content (AvgIpc) is 2.44. The van der Waals surface area contributed by atoms with Crippen LogP contribution in [0.5, 0.6) is 5.88 Å². The molecule has 6 heteroatoms. The number of amides is 1. The second kappa shape index (κ2) is 5.76. The molecule has 0 saturated carbocycles. The second-order valence-electron chi connectivity index (χ2n) is 5.46. The standard InChI is InChI=1S/C14H20N2O4/c1-14(2)9-16(7-11(8-17)20-14)13(18)10-4-5-12(19-3)15-6-10/h4-6,11,17H,7-9H2,1-3H3. The summed E-state index contributed by atoms with van der Waals surface area (Å²) < 4.78 is 10.7. The minimum Gasteiger partial charge on any atom is -0.481 e. The Morgan fingerprint density at radius 2 is 2.35 bits per heavy atom. The van der Waals surface area contributed by atoms with Crippen molar-refractivity contribution < 1.29 is 19.4 Å². The van der Waals surface area contributed by atoms with E-state index in [0.717, 1.165) is 0 Å². The second-order valence-corrected chi connectivity index (χ2v) is 5.46. The van der Waals surface area contributed by atoms with E-state index in [0.29, 0.717) is 24.5 Å². The number of aliphatic hydroxyl groups excluding tert-OH is 1. The smallest absolute Gasteiger partial charge is 0.255 e. The molecule has 0 spiro atoms. The van der Waals surface area contributed by atoms with E-state index in [1.807, 2.05) is 13.8 Å². The van der Waals surface area contributed by atoms with Gasteiger partial charge in [0, 0.05) is 25.4 Å². The fourth-order valence-electron chi connectivity index (χ4n) is 2.36. The third-order valence-corrected chi connectivity index (χ3v) is 3.16. The molecule has 1 aromatic heterocycles. The number of morpholine rings is 1. The van der Waals surface area contributed by atoms with Crippen molar-refractivity contribution in [1.29, 1.82) is 0 Å². The molecule has 6 nitrogen and oxygen atoms in total. The predicted octanol–water partition coefficient (Wildman–Crippen LogP) is 0.702. The third-order valence-electron chi connectivity index (χ3n) is 3.16. The Morgan fingerprint density at radius 3 is 2.90 bits per heavy atom. The Hall–Kier alpha value is -1.66. The van der Waals surface area contributed by atoms with Crippen LogP contribution in [0.2, 0.25) is 0 Å². The quantitative estimate of drug-likeness (QED) is 0.882. The molecule has 1 unspecified atom stereocenters. The zero-order valence-electron chi connectivity index (χ0n) is 12.0. The molecule has 1 atom stereocenters. The van der Waals surface area contributed by atoms with E-state index in [4.69, 9.17) is 9.47 Å². The molecular formula is C14H20N2O4. The number of hydrogen-bond acceptors (Lipinski definition) is 5. The summed E-state index contributed by atoms with van der Waals surface area (Å²) in [5.41, 5.74) is 0.0291. The Kier molecular flexibility index (Phi) is 4.25. The van der Waals surface area contributed by atoms with Gasteiger partial charge in [0.1, 0.15) is 0 Å². The number of carbonyl (C=O) groups excluding carboxylic acids is 1. The van der Waals surface area contributed by atoms with Gasteiger partial charge in [0.2, 0.25) is 5.88 Å². The van der Waals surface area contributed by atoms with Crippen LogP contribution in [0.25, 0.3) is 0 Å². The van der Waals surface area contributed by atoms with E-state index in [2.05, 4.69) is 4.98 Å². The maximum Gasteiger partial charge on any atom is 0.255 e. The molecule has 2 rings (SSSR count). The maximum absolute atomic E-state index is 12.5. The highest BCUT2D eigenvalue weighted by Gasteiger charge is 2.35. The molecule has 0 aromatic carbocycles. The molecule has 0 radical (unpaired) electrons. The van der Waals surface area contributed by atoms with Crippen LogP contribution in [0.3, 0.4) is 0 Å². The molecule has 1 aliphatic heterocycles. The number of carbonyl (C=O) groups is 1. The SMILES string of the molecule is COc1ccc(C(=O)N2CC(CO)OC(C)(C)C2)cn1. The van der Waals surface area contributed by atoms with Gasteiger partial charge in [-0.15, -0.1) is 0 Å². The Balaban J connectivity index is 2.14. The summed E-state index contributed by atoms with van der Waals surface area (Å²) in [4.78, 5) is 18.2. The molecule has 0 aliphatic carbocycles. The van der Waals surface area contributed by atoms with Crippen molar-refractivity contribution >= 4 is 5.91 Å². The lowest BCUT2D eigenvalue weighted by molar-refractivity contribution is -0.139. The zero-order chi connectivity index (χ0) is 14.8. The number of rotatable bonds is 3. The molecule has 1 aliphatic rings. The highest BCUT2D eigenvalue weighted by atomic mass is 16.5. The Morgan fingerprint density at radius 1 is 1.60 bits per heavy atom. The minimum absolute atomic E-state index is 0.103. The van der Waals surface area contributed by atoms with E-state index in [9.17, 15) is 9.90 Å². The van der Waals surface area contributed by atoms with Gasteiger partial charge < -0.3 is 19.5 Å². The van der Waals surface area contributed by atoms with Gasteiger partial charge in [0.25, 0.3) is 5.91 Å². The summed E-state index contributed by atoms with van der Waals surface area (Å²) in [5, 5.41) is 9.27. The average molecular weight is 280 g/mol. The van der Waals surface area contributed by atoms with Crippen molar-refractivity contribution in [1.82, 2.24) is 9.88 Å². The van der Waals surface area contributed by atoms with Gasteiger partial charge in [-0.05, 0) is 19.9 Å². The summed E-state index contributed by atoms with van der Waals surface area (Å²) in [6.07, 6.45) is 1.14. The zero-order valence-corrected chi connectivity index (χ0v) is 12.0. The normalized spacial score (nSPS) is 21.6. The first-order valence-corrected chi connectivity index (χ1v) is 6.53. The minimum atomic E-state index is -0.471. The fraction of sp³-hybridized carbons (Fsp3) is 0.571. The van der Waals surface area contributed by atoms with Gasteiger partial charge in [-0.2, -0.15) is 0 Å². The largest absolute Gasteiger partial charge is 0.481 e. The van der Waals surface area contributed by atoms with Crippen molar-refractivity contribution in [3.05, 3.63) is 23.9 Å². The summed E-state index contributed by atoms with van der Waals surface area (Å²) >= 11 is 0. The molecule has 1 amide bonds. The van der Waals surface area contributed by atoms with Gasteiger partial charge in [0.05, 0.1) is 31.0 Å². The molecular weight excluding hydrogens is 260 g/mol. The number of nitrogens with zero attached hydrogens (tertiary/aromatic N) is 2. The van der Waals surface area contributed by atoms with Crippen molar-refractivity contribution in [2.75, 3.05) is 26.8 Å². The monoisotopic (exact) mass is 280 g/mol. The van der Waals surface area contributed by atoms with Crippen molar-refractivity contribution in [2.24, 2.45) is 0 Å². The molecule has 1 fully saturated rings. The van der Waals surface area contributed by atoms with Crippen molar-refractivity contribution in [2.45, 2.75) is 25.6 Å². The Labute approximate surface area is 118 Å².